The molecule has 2 aromatic heterocycles. The average molecular weight is 811 g/mol. The number of aromatic nitrogens is 2. The fourth-order valence-corrected chi connectivity index (χ4v) is 10.5. The van der Waals surface area contributed by atoms with Gasteiger partial charge in [0.25, 0.3) is 0 Å². The molecule has 64 heavy (non-hydrogen) atoms. The lowest BCUT2D eigenvalue weighted by Gasteiger charge is -2.23. The van der Waals surface area contributed by atoms with Crippen molar-refractivity contribution in [2.75, 3.05) is 0 Å². The molecule has 11 aromatic carbocycles. The van der Waals surface area contributed by atoms with Crippen molar-refractivity contribution in [2.24, 2.45) is 0 Å². The Balaban J connectivity index is 1.29. The van der Waals surface area contributed by atoms with Crippen molar-refractivity contribution in [3.8, 4) is 55.6 Å². The van der Waals surface area contributed by atoms with Crippen LogP contribution in [0.4, 0.5) is 0 Å². The predicted molar refractivity (Wildman–Crippen MR) is 272 cm³/mol. The van der Waals surface area contributed by atoms with Crippen LogP contribution >= 0.6 is 0 Å². The van der Waals surface area contributed by atoms with Crippen LogP contribution in [0.15, 0.2) is 231 Å². The number of benzene rings is 11. The van der Waals surface area contributed by atoms with Gasteiger partial charge in [0.15, 0.2) is 0 Å². The molecule has 0 saturated heterocycles. The van der Waals surface area contributed by atoms with Gasteiger partial charge in [-0.25, -0.2) is 0 Å². The Morgan fingerprint density at radius 1 is 0.219 bits per heavy atom. The normalized spacial score (nSPS) is 11.8. The number of pyridine rings is 2. The molecule has 0 saturated carbocycles. The highest BCUT2D eigenvalue weighted by molar-refractivity contribution is 6.31. The zero-order chi connectivity index (χ0) is 42.1. The second-order valence-corrected chi connectivity index (χ2v) is 16.8. The first-order valence-electron chi connectivity index (χ1n) is 21.9. The highest BCUT2D eigenvalue weighted by atomic mass is 14.6. The van der Waals surface area contributed by atoms with Crippen LogP contribution in [0.3, 0.4) is 0 Å². The lowest BCUT2D eigenvalue weighted by molar-refractivity contribution is 1.36. The third-order valence-corrected chi connectivity index (χ3v) is 13.4. The second kappa shape index (κ2) is 14.6. The quantitative estimate of drug-likeness (QED) is 0.128. The van der Waals surface area contributed by atoms with E-state index >= 15 is 0 Å². The molecule has 0 unspecified atom stereocenters. The summed E-state index contributed by atoms with van der Waals surface area (Å²) in [6, 6.07) is 76.2. The summed E-state index contributed by atoms with van der Waals surface area (Å²) >= 11 is 0. The van der Waals surface area contributed by atoms with E-state index in [2.05, 4.69) is 216 Å². The van der Waals surface area contributed by atoms with Crippen molar-refractivity contribution in [3.05, 3.63) is 231 Å². The molecule has 13 rings (SSSR count). The second-order valence-electron chi connectivity index (χ2n) is 16.8. The Hall–Kier alpha value is -8.46. The molecule has 2 nitrogen and oxygen atoms in total. The van der Waals surface area contributed by atoms with Crippen molar-refractivity contribution < 1.29 is 0 Å². The molecule has 0 atom stereocenters. The molecule has 2 heterocycles. The largest absolute Gasteiger partial charge is 0.264 e. The first kappa shape index (κ1) is 36.2. The van der Waals surface area contributed by atoms with E-state index in [1.807, 2.05) is 24.8 Å². The molecule has 0 radical (unpaired) electrons. The molecule has 0 aliphatic heterocycles. The number of fused-ring (bicyclic) bond motifs is 8. The van der Waals surface area contributed by atoms with E-state index in [-0.39, 0.29) is 0 Å². The van der Waals surface area contributed by atoms with Gasteiger partial charge in [-0.15, -0.1) is 0 Å². The van der Waals surface area contributed by atoms with Gasteiger partial charge in [0, 0.05) is 35.6 Å². The summed E-state index contributed by atoms with van der Waals surface area (Å²) in [5.41, 5.74) is 12.0. The highest BCUT2D eigenvalue weighted by Gasteiger charge is 2.24. The first-order valence-corrected chi connectivity index (χ1v) is 21.9. The maximum absolute atomic E-state index is 4.58. The van der Waals surface area contributed by atoms with Gasteiger partial charge in [-0.05, 0) is 157 Å². The smallest absolute Gasteiger partial charge is 0.0346 e. The van der Waals surface area contributed by atoms with Gasteiger partial charge in [0.05, 0.1) is 0 Å². The first-order chi connectivity index (χ1) is 31.8. The SMILES string of the molecule is c1ccc(-c2ccc3c(-c4cccc5cnccc45)c4cc5c(cc4c(-c4cccc6cnccc46)c3c2)c(-c2ccccc2)c(-c2ccc3ccccc3c2)c2ccccc25)cc1. The minimum Gasteiger partial charge on any atom is -0.264 e. The highest BCUT2D eigenvalue weighted by Crippen LogP contribution is 2.52. The van der Waals surface area contributed by atoms with Crippen LogP contribution in [0, 0.1) is 0 Å². The minimum atomic E-state index is 1.11. The summed E-state index contributed by atoms with van der Waals surface area (Å²) in [7, 11) is 0. The number of hydrogen-bond acceptors (Lipinski definition) is 2. The standard InChI is InChI=1S/C62H38N2/c1-3-13-39(14-4-1)43-27-28-53-55(34-43)62(51-24-12-20-46-38-64-32-30-48(46)51)58-36-56-54(35-57(58)61(53)50-23-11-19-45-37-63-31-29-47(45)50)49-21-9-10-22-52(49)60(59(56)41-16-5-2-6-17-41)44-26-25-40-15-7-8-18-42(40)33-44/h1-38H. The molecule has 0 bridgehead atoms. The lowest BCUT2D eigenvalue weighted by atomic mass is 9.79. The monoisotopic (exact) mass is 810 g/mol. The zero-order valence-electron chi connectivity index (χ0n) is 34.8. The summed E-state index contributed by atoms with van der Waals surface area (Å²) < 4.78 is 0. The lowest BCUT2D eigenvalue weighted by Crippen LogP contribution is -1.96. The average Bonchev–Trinajstić information content (AvgIpc) is 3.37. The Morgan fingerprint density at radius 3 is 1.42 bits per heavy atom. The van der Waals surface area contributed by atoms with Crippen LogP contribution in [0.2, 0.25) is 0 Å². The van der Waals surface area contributed by atoms with Crippen molar-refractivity contribution in [2.45, 2.75) is 0 Å². The molecule has 13 aromatic rings. The van der Waals surface area contributed by atoms with Crippen molar-refractivity contribution >= 4 is 75.4 Å². The van der Waals surface area contributed by atoms with E-state index in [0.29, 0.717) is 0 Å². The van der Waals surface area contributed by atoms with E-state index in [4.69, 9.17) is 0 Å². The summed E-state index contributed by atoms with van der Waals surface area (Å²) in [6.45, 7) is 0. The van der Waals surface area contributed by atoms with E-state index < -0.39 is 0 Å². The third-order valence-electron chi connectivity index (χ3n) is 13.4. The molecule has 0 amide bonds. The Morgan fingerprint density at radius 2 is 0.719 bits per heavy atom. The maximum atomic E-state index is 4.58. The summed E-state index contributed by atoms with van der Waals surface area (Å²) in [5, 5.41) is 16.8. The molecule has 0 fully saturated rings. The van der Waals surface area contributed by atoms with Crippen LogP contribution < -0.4 is 0 Å². The van der Waals surface area contributed by atoms with Crippen molar-refractivity contribution in [3.63, 3.8) is 0 Å². The van der Waals surface area contributed by atoms with Crippen LogP contribution in [0.1, 0.15) is 0 Å². The molecule has 0 N–H and O–H groups in total. The third kappa shape index (κ3) is 5.66. The van der Waals surface area contributed by atoms with Crippen molar-refractivity contribution in [1.29, 1.82) is 0 Å². The summed E-state index contributed by atoms with van der Waals surface area (Å²) in [6.07, 6.45) is 7.82. The zero-order valence-corrected chi connectivity index (χ0v) is 34.8. The Bertz CT molecular complexity index is 3990. The molecule has 0 aliphatic rings. The topological polar surface area (TPSA) is 25.8 Å². The molecule has 296 valence electrons. The Labute approximate surface area is 370 Å². The van der Waals surface area contributed by atoms with E-state index in [0.717, 1.165) is 10.8 Å². The molecule has 0 spiro atoms. The predicted octanol–water partition coefficient (Wildman–Crippen LogP) is 16.9. The number of rotatable bonds is 5. The molecule has 0 aliphatic carbocycles. The van der Waals surface area contributed by atoms with E-state index in [1.165, 1.54) is 120 Å². The van der Waals surface area contributed by atoms with Crippen LogP contribution in [-0.2, 0) is 0 Å². The summed E-state index contributed by atoms with van der Waals surface area (Å²) in [5.74, 6) is 0. The van der Waals surface area contributed by atoms with Gasteiger partial charge in [-0.3, -0.25) is 9.97 Å². The van der Waals surface area contributed by atoms with Gasteiger partial charge >= 0.3 is 0 Å². The minimum absolute atomic E-state index is 1.11. The van der Waals surface area contributed by atoms with E-state index in [1.54, 1.807) is 0 Å². The number of hydrogen-bond donors (Lipinski definition) is 0. The van der Waals surface area contributed by atoms with Gasteiger partial charge in [0.2, 0.25) is 0 Å². The molecule has 2 heteroatoms. The summed E-state index contributed by atoms with van der Waals surface area (Å²) in [4.78, 5) is 9.13. The Kier molecular flexibility index (Phi) is 8.25. The van der Waals surface area contributed by atoms with Crippen molar-refractivity contribution in [1.82, 2.24) is 9.97 Å². The fraction of sp³-hybridized carbons (Fsp3) is 0. The fourth-order valence-electron chi connectivity index (χ4n) is 10.5. The van der Waals surface area contributed by atoms with Gasteiger partial charge in [0.1, 0.15) is 0 Å². The van der Waals surface area contributed by atoms with Gasteiger partial charge in [-0.2, -0.15) is 0 Å². The van der Waals surface area contributed by atoms with Crippen LogP contribution in [-0.4, -0.2) is 9.97 Å². The number of nitrogens with zero attached hydrogens (tertiary/aromatic N) is 2. The maximum Gasteiger partial charge on any atom is 0.0346 e. The van der Waals surface area contributed by atoms with E-state index in [9.17, 15) is 0 Å². The molecular weight excluding hydrogens is 773 g/mol. The molecular formula is C62H38N2. The van der Waals surface area contributed by atoms with Crippen LogP contribution in [0.5, 0.6) is 0 Å². The van der Waals surface area contributed by atoms with Gasteiger partial charge in [-0.1, -0.05) is 170 Å². The van der Waals surface area contributed by atoms with Gasteiger partial charge < -0.3 is 0 Å². The van der Waals surface area contributed by atoms with Crippen LogP contribution in [0.25, 0.3) is 131 Å².